The molecule has 5 atom stereocenters. The number of nitrogens with zero attached hydrogens (tertiary/aromatic N) is 11. The maximum Gasteiger partial charge on any atom is 0.434 e. The summed E-state index contributed by atoms with van der Waals surface area (Å²) in [4.78, 5) is 85.8. The Morgan fingerprint density at radius 3 is 2.35 bits per heavy atom. The van der Waals surface area contributed by atoms with Crippen molar-refractivity contribution in [2.45, 2.75) is 95.1 Å². The quantitative estimate of drug-likeness (QED) is 0.0796. The van der Waals surface area contributed by atoms with E-state index in [1.807, 2.05) is 29.7 Å². The van der Waals surface area contributed by atoms with Crippen molar-refractivity contribution in [2.75, 3.05) is 81.3 Å². The molecule has 22 nitrogen and oxygen atoms in total. The lowest BCUT2D eigenvalue weighted by molar-refractivity contribution is -0.141. The number of pyridine rings is 2. The summed E-state index contributed by atoms with van der Waals surface area (Å²) >= 11 is 0. The standard InChI is InChI=1S/C50H61F3N14O8/c1-29(61-40-25-55-24-39(63-40)50(51,52)53)41(68)42(69)38(74-4)23-58-46(72)31-9-7-30(8-10-31)45(71)57-14-18-75-19-17-65-28-34-27-64(15-16-66(34)48(65)73)47-59-21-33(22-60-47)36-12-11-35-43(70)49(2,3)67(44(35)62-36)26-32-6-5-13-56-37(32)20-54/h5-6,11-13,21-22,24-25,29-31,34,38,41-42,68-69H,7-10,14-19,23,26-28H2,1-4H3,(H,57,71)(H,58,72)(H,61,63)/t29-,30?,31?,34-,38+,41+,42-/m0/s1. The predicted octanol–water partition coefficient (Wildman–Crippen LogP) is 2.81. The number of nitriles is 1. The second kappa shape index (κ2) is 23.2. The fraction of sp³-hybridized carbons (Fsp3) is 0.540. The van der Waals surface area contributed by atoms with Crippen LogP contribution in [-0.4, -0.2) is 176 Å². The van der Waals surface area contributed by atoms with Gasteiger partial charge in [0.1, 0.15) is 41.7 Å². The number of methoxy groups -OCH3 is 1. The minimum Gasteiger partial charge on any atom is -0.388 e. The van der Waals surface area contributed by atoms with Crippen LogP contribution < -0.4 is 25.8 Å². The van der Waals surface area contributed by atoms with Gasteiger partial charge in [-0.1, -0.05) is 6.07 Å². The number of ketones is 1. The first-order valence-electron chi connectivity index (χ1n) is 24.9. The number of carbonyl (C=O) groups is 4. The van der Waals surface area contributed by atoms with Gasteiger partial charge >= 0.3 is 12.2 Å². The van der Waals surface area contributed by atoms with Crippen molar-refractivity contribution in [3.8, 4) is 17.3 Å². The number of carbonyl (C=O) groups excluding carboxylic acids is 4. The van der Waals surface area contributed by atoms with E-state index in [0.717, 1.165) is 6.20 Å². The summed E-state index contributed by atoms with van der Waals surface area (Å²) in [6.07, 6.45) is -0.328. The van der Waals surface area contributed by atoms with E-state index in [1.54, 1.807) is 41.7 Å². The third-order valence-corrected chi connectivity index (χ3v) is 14.4. The average molecular weight is 1040 g/mol. The fourth-order valence-electron chi connectivity index (χ4n) is 9.96. The van der Waals surface area contributed by atoms with Gasteiger partial charge in [0.05, 0.1) is 54.5 Å². The molecule has 0 spiro atoms. The zero-order valence-electron chi connectivity index (χ0n) is 42.0. The van der Waals surface area contributed by atoms with Gasteiger partial charge in [-0.25, -0.2) is 29.7 Å². The highest BCUT2D eigenvalue weighted by atomic mass is 19.4. The topological polar surface area (TPSA) is 277 Å². The molecule has 4 aromatic heterocycles. The Morgan fingerprint density at radius 2 is 1.65 bits per heavy atom. The number of halogens is 3. The molecule has 1 aliphatic carbocycles. The summed E-state index contributed by atoms with van der Waals surface area (Å²) in [5, 5.41) is 39.4. The summed E-state index contributed by atoms with van der Waals surface area (Å²) in [6, 6.07) is 8.15. The third-order valence-electron chi connectivity index (χ3n) is 14.4. The predicted molar refractivity (Wildman–Crippen MR) is 264 cm³/mol. The van der Waals surface area contributed by atoms with Gasteiger partial charge < -0.3 is 55.2 Å². The van der Waals surface area contributed by atoms with Crippen molar-refractivity contribution in [2.24, 2.45) is 11.8 Å². The highest BCUT2D eigenvalue weighted by Crippen LogP contribution is 2.40. The maximum absolute atomic E-state index is 13.5. The number of aromatic nitrogens is 6. The number of urea groups is 1. The SMILES string of the molecule is CO[C@H](CNC(=O)C1CCC(C(=O)NCCOCCN2C[C@@H]3CN(c4ncc(-c5ccc6c(n5)N(Cc5cccnc5C#N)C(C)(C)C6=O)cn4)CCN3C2=O)CC1)[C@H](O)[C@H](O)[C@H](C)Nc1cncc(C(F)(F)F)n1. The van der Waals surface area contributed by atoms with Crippen LogP contribution in [0.5, 0.6) is 0 Å². The summed E-state index contributed by atoms with van der Waals surface area (Å²) in [5.74, 6) is -0.361. The molecule has 2 saturated heterocycles. The van der Waals surface area contributed by atoms with E-state index >= 15 is 0 Å². The second-order valence-corrected chi connectivity index (χ2v) is 19.6. The molecule has 0 aromatic carbocycles. The van der Waals surface area contributed by atoms with Gasteiger partial charge in [0, 0.05) is 101 Å². The maximum atomic E-state index is 13.5. The first kappa shape index (κ1) is 54.1. The van der Waals surface area contributed by atoms with Crippen molar-refractivity contribution in [3.05, 3.63) is 77.8 Å². The first-order chi connectivity index (χ1) is 35.9. The van der Waals surface area contributed by atoms with E-state index in [4.69, 9.17) is 14.5 Å². The van der Waals surface area contributed by atoms with Crippen LogP contribution in [0.15, 0.2) is 55.2 Å². The van der Waals surface area contributed by atoms with Crippen molar-refractivity contribution in [1.29, 1.82) is 5.26 Å². The Morgan fingerprint density at radius 1 is 0.933 bits per heavy atom. The molecule has 1 saturated carbocycles. The minimum absolute atomic E-state index is 0.0634. The average Bonchev–Trinajstić information content (AvgIpc) is 3.82. The number of fused-ring (bicyclic) bond motifs is 2. The van der Waals surface area contributed by atoms with E-state index in [0.29, 0.717) is 104 Å². The van der Waals surface area contributed by atoms with Crippen LogP contribution >= 0.6 is 0 Å². The molecule has 0 radical (unpaired) electrons. The van der Waals surface area contributed by atoms with Gasteiger partial charge in [0.25, 0.3) is 0 Å². The number of hydrogen-bond acceptors (Lipinski definition) is 18. The number of alkyl halides is 3. The van der Waals surface area contributed by atoms with Crippen molar-refractivity contribution < 1.29 is 52.0 Å². The van der Waals surface area contributed by atoms with Gasteiger partial charge in [-0.05, 0) is 64.7 Å². The lowest BCUT2D eigenvalue weighted by Crippen LogP contribution is -2.52. The van der Waals surface area contributed by atoms with E-state index in [9.17, 15) is 47.8 Å². The van der Waals surface area contributed by atoms with Gasteiger partial charge in [-0.2, -0.15) is 18.4 Å². The number of aliphatic hydroxyl groups is 2. The number of hydrogen-bond donors (Lipinski definition) is 5. The van der Waals surface area contributed by atoms with E-state index < -0.39 is 41.8 Å². The molecule has 3 fully saturated rings. The normalized spacial score (nSPS) is 20.9. The van der Waals surface area contributed by atoms with Crippen LogP contribution in [0.2, 0.25) is 0 Å². The molecule has 4 aliphatic rings. The molecule has 8 rings (SSSR count). The van der Waals surface area contributed by atoms with Gasteiger partial charge in [0.15, 0.2) is 11.5 Å². The number of Topliss-reactive ketones (excluding diaryl/α,β-unsaturated/α-hetero) is 1. The lowest BCUT2D eigenvalue weighted by Gasteiger charge is -2.36. The smallest absolute Gasteiger partial charge is 0.388 e. The number of ether oxygens (including phenoxy) is 2. The fourth-order valence-corrected chi connectivity index (χ4v) is 9.96. The van der Waals surface area contributed by atoms with Gasteiger partial charge in [0.2, 0.25) is 17.8 Å². The molecule has 7 heterocycles. The second-order valence-electron chi connectivity index (χ2n) is 19.6. The number of anilines is 3. The number of nitrogens with one attached hydrogen (secondary N) is 3. The van der Waals surface area contributed by atoms with Crippen molar-refractivity contribution >= 4 is 41.2 Å². The van der Waals surface area contributed by atoms with Gasteiger partial charge in [-0.3, -0.25) is 19.4 Å². The van der Waals surface area contributed by atoms with E-state index in [1.165, 1.54) is 14.0 Å². The Balaban J connectivity index is 0.718. The van der Waals surface area contributed by atoms with Crippen LogP contribution in [0.25, 0.3) is 11.3 Å². The Hall–Kier alpha value is -7.14. The molecule has 0 unspecified atom stereocenters. The molecule has 75 heavy (non-hydrogen) atoms. The Kier molecular flexibility index (Phi) is 16.7. The molecule has 0 bridgehead atoms. The van der Waals surface area contributed by atoms with Crippen molar-refractivity contribution in [3.63, 3.8) is 0 Å². The molecule has 4 aromatic rings. The minimum atomic E-state index is -4.72. The van der Waals surface area contributed by atoms with Crippen LogP contribution in [0, 0.1) is 23.2 Å². The summed E-state index contributed by atoms with van der Waals surface area (Å²) < 4.78 is 50.3. The zero-order valence-corrected chi connectivity index (χ0v) is 42.0. The number of rotatable bonds is 20. The lowest BCUT2D eigenvalue weighted by atomic mass is 9.81. The summed E-state index contributed by atoms with van der Waals surface area (Å²) in [5.41, 5.74) is 0.625. The number of piperazine rings is 1. The monoisotopic (exact) mass is 1040 g/mol. The molecular formula is C50H61F3N14O8. The van der Waals surface area contributed by atoms with Crippen molar-refractivity contribution in [1.82, 2.24) is 50.3 Å². The molecular weight excluding hydrogens is 982 g/mol. The van der Waals surface area contributed by atoms with Gasteiger partial charge in [-0.15, -0.1) is 0 Å². The summed E-state index contributed by atoms with van der Waals surface area (Å²) in [6.45, 7) is 8.53. The van der Waals surface area contributed by atoms with Crippen LogP contribution in [0.3, 0.4) is 0 Å². The highest BCUT2D eigenvalue weighted by Gasteiger charge is 2.46. The molecule has 25 heteroatoms. The van der Waals surface area contributed by atoms with Crippen LogP contribution in [0.4, 0.5) is 35.5 Å². The van der Waals surface area contributed by atoms with Crippen LogP contribution in [-0.2, 0) is 31.8 Å². The third kappa shape index (κ3) is 12.2. The highest BCUT2D eigenvalue weighted by molar-refractivity contribution is 6.13. The largest absolute Gasteiger partial charge is 0.434 e. The van der Waals surface area contributed by atoms with Crippen LogP contribution in [0.1, 0.15) is 73.8 Å². The molecule has 5 N–H and O–H groups in total. The Labute approximate surface area is 431 Å². The van der Waals surface area contributed by atoms with E-state index in [2.05, 4.69) is 51.8 Å². The van der Waals surface area contributed by atoms with E-state index in [-0.39, 0.29) is 80.2 Å². The first-order valence-corrected chi connectivity index (χ1v) is 24.9. The molecule has 400 valence electrons. The molecule has 3 aliphatic heterocycles. The zero-order chi connectivity index (χ0) is 53.6. The Bertz CT molecular complexity index is 2740. The number of aliphatic hydroxyl groups excluding tert-OH is 2. The number of amides is 4. The molecule has 4 amide bonds. The summed E-state index contributed by atoms with van der Waals surface area (Å²) in [7, 11) is 1.29.